The summed E-state index contributed by atoms with van der Waals surface area (Å²) in [5, 5.41) is 6.31. The maximum absolute atomic E-state index is 12.2. The molecule has 0 radical (unpaired) electrons. The van der Waals surface area contributed by atoms with E-state index in [4.69, 9.17) is 4.74 Å². The van der Waals surface area contributed by atoms with E-state index in [0.717, 1.165) is 32.5 Å². The number of ether oxygens (including phenoxy) is 1. The lowest BCUT2D eigenvalue weighted by Gasteiger charge is -2.35. The van der Waals surface area contributed by atoms with Crippen molar-refractivity contribution in [3.8, 4) is 0 Å². The topological polar surface area (TPSA) is 50.4 Å². The molecular formula is C12H22N2O2. The molecule has 1 saturated carbocycles. The molecule has 1 amide bonds. The van der Waals surface area contributed by atoms with Gasteiger partial charge in [0.05, 0.1) is 0 Å². The summed E-state index contributed by atoms with van der Waals surface area (Å²) in [6, 6.07) is 0. The van der Waals surface area contributed by atoms with Gasteiger partial charge in [0.25, 0.3) is 5.91 Å². The summed E-state index contributed by atoms with van der Waals surface area (Å²) in [5.41, 5.74) is -0.228. The van der Waals surface area contributed by atoms with Gasteiger partial charge in [-0.15, -0.1) is 0 Å². The molecule has 92 valence electrons. The lowest BCUT2D eigenvalue weighted by Crippen LogP contribution is -2.54. The van der Waals surface area contributed by atoms with Crippen LogP contribution in [0.25, 0.3) is 0 Å². The van der Waals surface area contributed by atoms with E-state index in [1.165, 1.54) is 12.8 Å². The molecule has 16 heavy (non-hydrogen) atoms. The summed E-state index contributed by atoms with van der Waals surface area (Å²) in [6.07, 6.45) is 4.00. The number of carbonyl (C=O) groups is 1. The predicted molar refractivity (Wildman–Crippen MR) is 62.2 cm³/mol. The van der Waals surface area contributed by atoms with Crippen LogP contribution in [0.5, 0.6) is 0 Å². The van der Waals surface area contributed by atoms with Crippen molar-refractivity contribution in [2.45, 2.75) is 38.2 Å². The van der Waals surface area contributed by atoms with Crippen LogP contribution in [0.3, 0.4) is 0 Å². The quantitative estimate of drug-likeness (QED) is 0.741. The highest BCUT2D eigenvalue weighted by molar-refractivity contribution is 5.85. The Hall–Kier alpha value is -0.610. The highest BCUT2D eigenvalue weighted by Gasteiger charge is 2.42. The highest BCUT2D eigenvalue weighted by atomic mass is 16.5. The normalized spacial score (nSPS) is 26.1. The summed E-state index contributed by atoms with van der Waals surface area (Å²) in [4.78, 5) is 12.2. The fourth-order valence-electron chi connectivity index (χ4n) is 2.20. The third kappa shape index (κ3) is 2.38. The van der Waals surface area contributed by atoms with Crippen molar-refractivity contribution in [2.75, 3.05) is 26.7 Å². The lowest BCUT2D eigenvalue weighted by atomic mass is 9.91. The Morgan fingerprint density at radius 2 is 1.94 bits per heavy atom. The van der Waals surface area contributed by atoms with Gasteiger partial charge in [-0.3, -0.25) is 4.79 Å². The molecule has 2 aliphatic rings. The minimum atomic E-state index is -0.587. The zero-order valence-corrected chi connectivity index (χ0v) is 10.3. The average Bonchev–Trinajstić information content (AvgIpc) is 3.06. The van der Waals surface area contributed by atoms with E-state index in [9.17, 15) is 4.79 Å². The molecule has 0 aromatic carbocycles. The van der Waals surface area contributed by atoms with Crippen LogP contribution in [0.4, 0.5) is 0 Å². The van der Waals surface area contributed by atoms with E-state index < -0.39 is 5.60 Å². The SMILES string of the molecule is COC1(C(=O)NCC2(C)CC2)CCNCC1. The van der Waals surface area contributed by atoms with Gasteiger partial charge in [0.15, 0.2) is 0 Å². The zero-order chi connectivity index (χ0) is 11.6. The van der Waals surface area contributed by atoms with Crippen LogP contribution in [0, 0.1) is 5.41 Å². The molecule has 1 saturated heterocycles. The largest absolute Gasteiger partial charge is 0.368 e. The highest BCUT2D eigenvalue weighted by Crippen LogP contribution is 2.44. The molecule has 1 aliphatic heterocycles. The standard InChI is InChI=1S/C12H22N2O2/c1-11(3-4-11)9-14-10(15)12(16-2)5-7-13-8-6-12/h13H,3-9H2,1-2H3,(H,14,15). The number of piperidine rings is 1. The van der Waals surface area contributed by atoms with E-state index >= 15 is 0 Å². The Kier molecular flexibility index (Phi) is 3.22. The van der Waals surface area contributed by atoms with Crippen molar-refractivity contribution < 1.29 is 9.53 Å². The average molecular weight is 226 g/mol. The third-order valence-electron chi connectivity index (χ3n) is 4.00. The predicted octanol–water partition coefficient (Wildman–Crippen LogP) is 0.671. The van der Waals surface area contributed by atoms with Gasteiger partial charge in [0, 0.05) is 13.7 Å². The van der Waals surface area contributed by atoms with E-state index in [1.807, 2.05) is 0 Å². The summed E-state index contributed by atoms with van der Waals surface area (Å²) in [5.74, 6) is 0.0737. The fourth-order valence-corrected chi connectivity index (χ4v) is 2.20. The second kappa shape index (κ2) is 4.34. The number of methoxy groups -OCH3 is 1. The Bertz CT molecular complexity index is 268. The smallest absolute Gasteiger partial charge is 0.252 e. The van der Waals surface area contributed by atoms with Gasteiger partial charge in [0.1, 0.15) is 5.60 Å². The lowest BCUT2D eigenvalue weighted by molar-refractivity contribution is -0.146. The van der Waals surface area contributed by atoms with E-state index in [2.05, 4.69) is 17.6 Å². The molecule has 4 nitrogen and oxygen atoms in total. The Morgan fingerprint density at radius 1 is 1.31 bits per heavy atom. The second-order valence-corrected chi connectivity index (χ2v) is 5.44. The van der Waals surface area contributed by atoms with E-state index in [1.54, 1.807) is 7.11 Å². The van der Waals surface area contributed by atoms with Crippen LogP contribution >= 0.6 is 0 Å². The van der Waals surface area contributed by atoms with E-state index in [0.29, 0.717) is 5.41 Å². The first-order valence-corrected chi connectivity index (χ1v) is 6.14. The van der Waals surface area contributed by atoms with Gasteiger partial charge < -0.3 is 15.4 Å². The molecular weight excluding hydrogens is 204 g/mol. The first-order valence-electron chi connectivity index (χ1n) is 6.14. The molecule has 2 N–H and O–H groups in total. The van der Waals surface area contributed by atoms with Crippen LogP contribution in [-0.4, -0.2) is 38.3 Å². The van der Waals surface area contributed by atoms with Crippen molar-refractivity contribution in [3.63, 3.8) is 0 Å². The van der Waals surface area contributed by atoms with E-state index in [-0.39, 0.29) is 5.91 Å². The van der Waals surface area contributed by atoms with Crippen LogP contribution in [0.15, 0.2) is 0 Å². The monoisotopic (exact) mass is 226 g/mol. The number of carbonyl (C=O) groups excluding carboxylic acids is 1. The molecule has 0 bridgehead atoms. The third-order valence-corrected chi connectivity index (χ3v) is 4.00. The van der Waals surface area contributed by atoms with Gasteiger partial charge in [-0.1, -0.05) is 6.92 Å². The molecule has 0 aromatic rings. The van der Waals surface area contributed by atoms with Crippen LogP contribution in [0.1, 0.15) is 32.6 Å². The molecule has 0 aromatic heterocycles. The van der Waals surface area contributed by atoms with Crippen molar-refractivity contribution in [1.82, 2.24) is 10.6 Å². The Morgan fingerprint density at radius 3 is 2.44 bits per heavy atom. The summed E-state index contributed by atoms with van der Waals surface area (Å²) in [6.45, 7) is 4.73. The second-order valence-electron chi connectivity index (χ2n) is 5.44. The van der Waals surface area contributed by atoms with Crippen molar-refractivity contribution in [3.05, 3.63) is 0 Å². The van der Waals surface area contributed by atoms with Gasteiger partial charge in [-0.25, -0.2) is 0 Å². The maximum Gasteiger partial charge on any atom is 0.252 e. The maximum atomic E-state index is 12.2. The van der Waals surface area contributed by atoms with Crippen molar-refractivity contribution in [2.24, 2.45) is 5.41 Å². The first kappa shape index (κ1) is 11.9. The number of hydrogen-bond acceptors (Lipinski definition) is 3. The number of hydrogen-bond donors (Lipinski definition) is 2. The molecule has 4 heteroatoms. The summed E-state index contributed by atoms with van der Waals surface area (Å²) < 4.78 is 5.47. The first-order chi connectivity index (χ1) is 7.60. The molecule has 2 fully saturated rings. The Balaban J connectivity index is 1.89. The molecule has 0 atom stereocenters. The van der Waals surface area contributed by atoms with Crippen LogP contribution in [0.2, 0.25) is 0 Å². The van der Waals surface area contributed by atoms with Crippen molar-refractivity contribution >= 4 is 5.91 Å². The van der Waals surface area contributed by atoms with Gasteiger partial charge in [-0.05, 0) is 44.2 Å². The summed E-state index contributed by atoms with van der Waals surface area (Å²) >= 11 is 0. The summed E-state index contributed by atoms with van der Waals surface area (Å²) in [7, 11) is 1.64. The van der Waals surface area contributed by atoms with Gasteiger partial charge in [-0.2, -0.15) is 0 Å². The fraction of sp³-hybridized carbons (Fsp3) is 0.917. The minimum Gasteiger partial charge on any atom is -0.368 e. The number of nitrogens with one attached hydrogen (secondary N) is 2. The number of amides is 1. The zero-order valence-electron chi connectivity index (χ0n) is 10.3. The molecule has 0 unspecified atom stereocenters. The van der Waals surface area contributed by atoms with Crippen molar-refractivity contribution in [1.29, 1.82) is 0 Å². The van der Waals surface area contributed by atoms with Gasteiger partial charge >= 0.3 is 0 Å². The van der Waals surface area contributed by atoms with Gasteiger partial charge in [0.2, 0.25) is 0 Å². The molecule has 0 spiro atoms. The Labute approximate surface area is 97.1 Å². The molecule has 1 heterocycles. The molecule has 1 aliphatic carbocycles. The van der Waals surface area contributed by atoms with Crippen LogP contribution < -0.4 is 10.6 Å². The van der Waals surface area contributed by atoms with Crippen LogP contribution in [-0.2, 0) is 9.53 Å². The minimum absolute atomic E-state index is 0.0737. The molecule has 2 rings (SSSR count). The number of rotatable bonds is 4.